The zero-order valence-corrected chi connectivity index (χ0v) is 12.9. The Balaban J connectivity index is 0.000000373. The van der Waals surface area contributed by atoms with Crippen LogP contribution in [0.5, 0.6) is 5.75 Å². The number of nitrogens with zero attached hydrogens (tertiary/aromatic N) is 1. The molecule has 8 heteroatoms. The molecule has 0 aliphatic rings. The van der Waals surface area contributed by atoms with Crippen LogP contribution in [0.15, 0.2) is 36.5 Å². The van der Waals surface area contributed by atoms with Gasteiger partial charge in [0.2, 0.25) is 0 Å². The quantitative estimate of drug-likeness (QED) is 0.392. The molecule has 0 radical (unpaired) electrons. The van der Waals surface area contributed by atoms with Crippen LogP contribution in [0.3, 0.4) is 0 Å². The molecule has 17 heavy (non-hydrogen) atoms. The molecule has 0 fully saturated rings. The molecule has 0 aliphatic carbocycles. The van der Waals surface area contributed by atoms with E-state index in [9.17, 15) is 5.11 Å². The largest absolute Gasteiger partial charge is 1.00 e. The van der Waals surface area contributed by atoms with E-state index in [2.05, 4.69) is 4.98 Å². The van der Waals surface area contributed by atoms with Crippen molar-refractivity contribution in [1.29, 1.82) is 0 Å². The standard InChI is InChI=1S/C9H7NO.K.H2O4S/c11-8-5-1-3-7-4-2-6-10-9(7)8;;1-5(2,3)4/h1-6,11H;;(H2,1,2,3,4)/q;+1;. The maximum Gasteiger partial charge on any atom is 1.00 e. The first-order valence-corrected chi connectivity index (χ1v) is 5.50. The van der Waals surface area contributed by atoms with Crippen LogP contribution in [-0.2, 0) is 10.4 Å². The van der Waals surface area contributed by atoms with Gasteiger partial charge in [-0.15, -0.1) is 0 Å². The molecule has 0 unspecified atom stereocenters. The monoisotopic (exact) mass is 282 g/mol. The maximum absolute atomic E-state index is 9.31. The third kappa shape index (κ3) is 7.06. The van der Waals surface area contributed by atoms with Gasteiger partial charge < -0.3 is 5.11 Å². The van der Waals surface area contributed by atoms with E-state index in [-0.39, 0.29) is 57.1 Å². The SMILES string of the molecule is O=S(=O)(O)O.Oc1cccc2cccnc12.[K+]. The molecule has 2 aromatic rings. The molecule has 1 aromatic heterocycles. The minimum Gasteiger partial charge on any atom is -0.506 e. The van der Waals surface area contributed by atoms with Gasteiger partial charge in [0, 0.05) is 11.6 Å². The molecule has 0 saturated carbocycles. The van der Waals surface area contributed by atoms with Crippen LogP contribution in [0.2, 0.25) is 0 Å². The molecule has 3 N–H and O–H groups in total. The summed E-state index contributed by atoms with van der Waals surface area (Å²) in [4.78, 5) is 4.03. The van der Waals surface area contributed by atoms with Gasteiger partial charge in [-0.05, 0) is 12.1 Å². The Bertz CT molecular complexity index is 573. The van der Waals surface area contributed by atoms with Crippen LogP contribution in [0.4, 0.5) is 0 Å². The second-order valence-electron chi connectivity index (χ2n) is 2.80. The molecule has 2 rings (SSSR count). The van der Waals surface area contributed by atoms with Crippen LogP contribution in [-0.4, -0.2) is 27.6 Å². The van der Waals surface area contributed by atoms with Crippen molar-refractivity contribution in [2.24, 2.45) is 0 Å². The van der Waals surface area contributed by atoms with Crippen LogP contribution >= 0.6 is 0 Å². The first-order valence-electron chi connectivity index (χ1n) is 4.10. The average Bonchev–Trinajstić information content (AvgIpc) is 2.16. The Kier molecular flexibility index (Phi) is 7.36. The van der Waals surface area contributed by atoms with E-state index in [1.54, 1.807) is 18.3 Å². The third-order valence-electron chi connectivity index (χ3n) is 1.61. The number of hydrogen-bond acceptors (Lipinski definition) is 4. The van der Waals surface area contributed by atoms with Crippen molar-refractivity contribution in [3.05, 3.63) is 36.5 Å². The van der Waals surface area contributed by atoms with E-state index in [0.29, 0.717) is 5.52 Å². The van der Waals surface area contributed by atoms with Crippen molar-refractivity contribution in [1.82, 2.24) is 4.98 Å². The maximum atomic E-state index is 9.31. The Labute approximate surface area is 141 Å². The van der Waals surface area contributed by atoms with Crippen molar-refractivity contribution in [3.63, 3.8) is 0 Å². The van der Waals surface area contributed by atoms with Crippen molar-refractivity contribution >= 4 is 21.3 Å². The van der Waals surface area contributed by atoms with Gasteiger partial charge in [0.1, 0.15) is 11.3 Å². The van der Waals surface area contributed by atoms with Crippen LogP contribution in [0.25, 0.3) is 10.9 Å². The summed E-state index contributed by atoms with van der Waals surface area (Å²) < 4.78 is 31.6. The van der Waals surface area contributed by atoms with E-state index < -0.39 is 10.4 Å². The minimum atomic E-state index is -4.67. The fourth-order valence-electron chi connectivity index (χ4n) is 1.09. The topological polar surface area (TPSA) is 108 Å². The van der Waals surface area contributed by atoms with Gasteiger partial charge in [0.25, 0.3) is 0 Å². The van der Waals surface area contributed by atoms with E-state index >= 15 is 0 Å². The number of benzene rings is 1. The number of aromatic nitrogens is 1. The second-order valence-corrected chi connectivity index (χ2v) is 3.70. The average molecular weight is 282 g/mol. The summed E-state index contributed by atoms with van der Waals surface area (Å²) in [5, 5.41) is 10.3. The fourth-order valence-corrected chi connectivity index (χ4v) is 1.09. The van der Waals surface area contributed by atoms with Crippen molar-refractivity contribution in [2.45, 2.75) is 0 Å². The summed E-state index contributed by atoms with van der Waals surface area (Å²) in [5.74, 6) is 0.239. The molecule has 0 bridgehead atoms. The first-order chi connectivity index (χ1) is 7.38. The zero-order chi connectivity index (χ0) is 12.2. The molecular formula is C9H9KNO5S+. The van der Waals surface area contributed by atoms with Gasteiger partial charge in [-0.2, -0.15) is 8.42 Å². The number of pyridine rings is 1. The van der Waals surface area contributed by atoms with E-state index in [1.807, 2.05) is 18.2 Å². The summed E-state index contributed by atoms with van der Waals surface area (Å²) in [6.07, 6.45) is 1.67. The summed E-state index contributed by atoms with van der Waals surface area (Å²) in [6.45, 7) is 0. The molecule has 86 valence electrons. The van der Waals surface area contributed by atoms with Crippen LogP contribution in [0, 0.1) is 0 Å². The Morgan fingerprint density at radius 3 is 2.12 bits per heavy atom. The Morgan fingerprint density at radius 2 is 1.59 bits per heavy atom. The summed E-state index contributed by atoms with van der Waals surface area (Å²) in [5.41, 5.74) is 0.662. The van der Waals surface area contributed by atoms with Gasteiger partial charge in [0.05, 0.1) is 0 Å². The molecule has 1 heterocycles. The molecule has 1 aromatic carbocycles. The number of rotatable bonds is 0. The zero-order valence-electron chi connectivity index (χ0n) is 8.98. The number of fused-ring (bicyclic) bond motifs is 1. The smallest absolute Gasteiger partial charge is 0.506 e. The van der Waals surface area contributed by atoms with Crippen molar-refractivity contribution < 1.29 is 74.0 Å². The summed E-state index contributed by atoms with van der Waals surface area (Å²) >= 11 is 0. The van der Waals surface area contributed by atoms with E-state index in [0.717, 1.165) is 5.39 Å². The second kappa shape index (κ2) is 7.39. The van der Waals surface area contributed by atoms with Gasteiger partial charge >= 0.3 is 61.8 Å². The van der Waals surface area contributed by atoms with E-state index in [1.165, 1.54) is 0 Å². The fraction of sp³-hybridized carbons (Fsp3) is 0. The Hall–Kier alpha value is -0.0636. The molecule has 0 atom stereocenters. The Morgan fingerprint density at radius 1 is 1.06 bits per heavy atom. The predicted molar refractivity (Wildman–Crippen MR) is 57.6 cm³/mol. The molecular weight excluding hydrogens is 273 g/mol. The van der Waals surface area contributed by atoms with Gasteiger partial charge in [-0.1, -0.05) is 18.2 Å². The molecule has 0 amide bonds. The third-order valence-corrected chi connectivity index (χ3v) is 1.61. The number of phenols is 1. The molecule has 0 aliphatic heterocycles. The van der Waals surface area contributed by atoms with Crippen molar-refractivity contribution in [2.75, 3.05) is 0 Å². The molecule has 0 saturated heterocycles. The number of hydrogen-bond donors (Lipinski definition) is 3. The van der Waals surface area contributed by atoms with Gasteiger partial charge in [-0.25, -0.2) is 0 Å². The van der Waals surface area contributed by atoms with Crippen molar-refractivity contribution in [3.8, 4) is 5.75 Å². The van der Waals surface area contributed by atoms with Gasteiger partial charge in [-0.3, -0.25) is 14.1 Å². The number of aromatic hydroxyl groups is 1. The molecule has 0 spiro atoms. The number of phenolic OH excluding ortho intramolecular Hbond substituents is 1. The van der Waals surface area contributed by atoms with Crippen LogP contribution < -0.4 is 51.4 Å². The molecule has 6 nitrogen and oxygen atoms in total. The predicted octanol–water partition coefficient (Wildman–Crippen LogP) is -1.71. The number of para-hydroxylation sites is 1. The summed E-state index contributed by atoms with van der Waals surface area (Å²) in [7, 11) is -4.67. The minimum absolute atomic E-state index is 0. The first kappa shape index (κ1) is 16.9. The summed E-state index contributed by atoms with van der Waals surface area (Å²) in [6, 6.07) is 9.13. The van der Waals surface area contributed by atoms with E-state index in [4.69, 9.17) is 17.5 Å². The van der Waals surface area contributed by atoms with Crippen LogP contribution in [0.1, 0.15) is 0 Å². The normalized spacial score (nSPS) is 10.0. The van der Waals surface area contributed by atoms with Gasteiger partial charge in [0.15, 0.2) is 0 Å².